The van der Waals surface area contributed by atoms with Crippen molar-refractivity contribution in [3.8, 4) is 0 Å². The average molecular weight is 206 g/mol. The zero-order valence-corrected chi connectivity index (χ0v) is 8.59. The molecule has 1 N–H and O–H groups in total. The molecular formula is C9H16ClNO2. The minimum absolute atomic E-state index is 0. The van der Waals surface area contributed by atoms with E-state index >= 15 is 0 Å². The highest BCUT2D eigenvalue weighted by Gasteiger charge is 2.20. The van der Waals surface area contributed by atoms with Gasteiger partial charge in [-0.05, 0) is 19.9 Å². The molecule has 0 aromatic rings. The monoisotopic (exact) mass is 205 g/mol. The Morgan fingerprint density at radius 2 is 2.23 bits per heavy atom. The molecule has 0 atom stereocenters. The van der Waals surface area contributed by atoms with Crippen molar-refractivity contribution in [2.45, 2.75) is 25.3 Å². The number of likely N-dealkylation sites (N-methyl/N-ethyl adjacent to an activating group) is 1. The number of carbonyl (C=O) groups is 1. The van der Waals surface area contributed by atoms with Gasteiger partial charge >= 0.3 is 5.97 Å². The summed E-state index contributed by atoms with van der Waals surface area (Å²) in [6, 6.07) is 0.684. The number of rotatable bonds is 4. The summed E-state index contributed by atoms with van der Waals surface area (Å²) in [7, 11) is 2.04. The van der Waals surface area contributed by atoms with E-state index in [0.29, 0.717) is 6.04 Å². The predicted octanol–water partition coefficient (Wildman–Crippen LogP) is 1.53. The lowest BCUT2D eigenvalue weighted by atomic mass is 9.92. The fourth-order valence-electron chi connectivity index (χ4n) is 1.30. The third-order valence-corrected chi connectivity index (χ3v) is 2.35. The van der Waals surface area contributed by atoms with Crippen molar-refractivity contribution < 1.29 is 9.90 Å². The topological polar surface area (TPSA) is 40.5 Å². The van der Waals surface area contributed by atoms with Gasteiger partial charge in [-0.25, -0.2) is 4.79 Å². The van der Waals surface area contributed by atoms with Crippen LogP contribution in [0.3, 0.4) is 0 Å². The van der Waals surface area contributed by atoms with Crippen LogP contribution in [-0.4, -0.2) is 35.6 Å². The van der Waals surface area contributed by atoms with Crippen LogP contribution in [0.25, 0.3) is 0 Å². The number of carboxylic acid groups (broad SMARTS) is 1. The number of hydrogen-bond donors (Lipinski definition) is 1. The maximum atomic E-state index is 10.1. The van der Waals surface area contributed by atoms with E-state index in [4.69, 9.17) is 5.11 Å². The SMILES string of the molecule is CN(CC=CC(=O)O)C1CCC1.Cl. The Labute approximate surface area is 84.8 Å². The van der Waals surface area contributed by atoms with Crippen molar-refractivity contribution in [2.24, 2.45) is 0 Å². The predicted molar refractivity (Wildman–Crippen MR) is 54.3 cm³/mol. The van der Waals surface area contributed by atoms with E-state index in [2.05, 4.69) is 4.90 Å². The van der Waals surface area contributed by atoms with Gasteiger partial charge in [0.15, 0.2) is 0 Å². The van der Waals surface area contributed by atoms with Crippen LogP contribution < -0.4 is 0 Å². The number of aliphatic carboxylic acids is 1. The molecule has 13 heavy (non-hydrogen) atoms. The zero-order valence-electron chi connectivity index (χ0n) is 7.77. The van der Waals surface area contributed by atoms with E-state index in [1.54, 1.807) is 6.08 Å². The molecule has 0 spiro atoms. The lowest BCUT2D eigenvalue weighted by Gasteiger charge is -2.33. The summed E-state index contributed by atoms with van der Waals surface area (Å²) in [5.41, 5.74) is 0. The van der Waals surface area contributed by atoms with E-state index in [1.165, 1.54) is 25.3 Å². The largest absolute Gasteiger partial charge is 0.478 e. The molecule has 0 aromatic carbocycles. The highest BCUT2D eigenvalue weighted by molar-refractivity contribution is 5.85. The van der Waals surface area contributed by atoms with E-state index < -0.39 is 5.97 Å². The Balaban J connectivity index is 0.00000144. The smallest absolute Gasteiger partial charge is 0.328 e. The first-order valence-electron chi connectivity index (χ1n) is 4.30. The summed E-state index contributed by atoms with van der Waals surface area (Å²) in [6.45, 7) is 0.747. The second kappa shape index (κ2) is 6.00. The minimum Gasteiger partial charge on any atom is -0.478 e. The molecule has 0 aliphatic heterocycles. The van der Waals surface area contributed by atoms with E-state index in [1.807, 2.05) is 7.05 Å². The number of halogens is 1. The Kier molecular flexibility index (Phi) is 5.75. The van der Waals surface area contributed by atoms with Crippen molar-refractivity contribution in [3.63, 3.8) is 0 Å². The van der Waals surface area contributed by atoms with E-state index in [-0.39, 0.29) is 12.4 Å². The van der Waals surface area contributed by atoms with Gasteiger partial charge in [-0.1, -0.05) is 12.5 Å². The lowest BCUT2D eigenvalue weighted by molar-refractivity contribution is -0.131. The van der Waals surface area contributed by atoms with Gasteiger partial charge in [0, 0.05) is 18.7 Å². The van der Waals surface area contributed by atoms with Gasteiger partial charge in [-0.2, -0.15) is 0 Å². The second-order valence-corrected chi connectivity index (χ2v) is 3.26. The van der Waals surface area contributed by atoms with Crippen LogP contribution in [0.5, 0.6) is 0 Å². The first kappa shape index (κ1) is 12.5. The normalized spacial score (nSPS) is 17.1. The van der Waals surface area contributed by atoms with Gasteiger partial charge in [0.2, 0.25) is 0 Å². The Bertz CT molecular complexity index is 190. The maximum absolute atomic E-state index is 10.1. The summed E-state index contributed by atoms with van der Waals surface area (Å²) in [5.74, 6) is -0.864. The van der Waals surface area contributed by atoms with Gasteiger partial charge in [0.25, 0.3) is 0 Å². The number of carboxylic acids is 1. The third-order valence-electron chi connectivity index (χ3n) is 2.35. The quantitative estimate of drug-likeness (QED) is 0.708. The molecule has 1 aliphatic rings. The molecule has 0 aromatic heterocycles. The lowest BCUT2D eigenvalue weighted by Crippen LogP contribution is -2.37. The molecule has 1 aliphatic carbocycles. The zero-order chi connectivity index (χ0) is 8.97. The Morgan fingerprint density at radius 3 is 2.62 bits per heavy atom. The fraction of sp³-hybridized carbons (Fsp3) is 0.667. The van der Waals surface area contributed by atoms with Crippen LogP contribution >= 0.6 is 12.4 Å². The van der Waals surface area contributed by atoms with Gasteiger partial charge in [-0.3, -0.25) is 4.90 Å². The summed E-state index contributed by atoms with van der Waals surface area (Å²) in [5, 5.41) is 8.33. The molecule has 4 heteroatoms. The molecule has 3 nitrogen and oxygen atoms in total. The Morgan fingerprint density at radius 1 is 1.62 bits per heavy atom. The molecule has 0 heterocycles. The van der Waals surface area contributed by atoms with Gasteiger partial charge < -0.3 is 5.11 Å². The molecule has 76 valence electrons. The van der Waals surface area contributed by atoms with E-state index in [9.17, 15) is 4.79 Å². The first-order chi connectivity index (χ1) is 5.70. The molecule has 1 rings (SSSR count). The van der Waals surface area contributed by atoms with Crippen LogP contribution in [0.1, 0.15) is 19.3 Å². The number of hydrogen-bond acceptors (Lipinski definition) is 2. The minimum atomic E-state index is -0.864. The van der Waals surface area contributed by atoms with E-state index in [0.717, 1.165) is 6.54 Å². The summed E-state index contributed by atoms with van der Waals surface area (Å²) < 4.78 is 0. The number of nitrogens with zero attached hydrogens (tertiary/aromatic N) is 1. The highest BCUT2D eigenvalue weighted by Crippen LogP contribution is 2.22. The summed E-state index contributed by atoms with van der Waals surface area (Å²) >= 11 is 0. The van der Waals surface area contributed by atoms with Crippen LogP contribution in [0.2, 0.25) is 0 Å². The second-order valence-electron chi connectivity index (χ2n) is 3.26. The standard InChI is InChI=1S/C9H15NO2.ClH/c1-10(8-4-2-5-8)7-3-6-9(11)12;/h3,6,8H,2,4-5,7H2,1H3,(H,11,12);1H. The maximum Gasteiger partial charge on any atom is 0.328 e. The van der Waals surface area contributed by atoms with Gasteiger partial charge in [0.05, 0.1) is 0 Å². The van der Waals surface area contributed by atoms with Crippen molar-refractivity contribution >= 4 is 18.4 Å². The van der Waals surface area contributed by atoms with Crippen molar-refractivity contribution in [3.05, 3.63) is 12.2 Å². The highest BCUT2D eigenvalue weighted by atomic mass is 35.5. The molecule has 0 radical (unpaired) electrons. The molecule has 0 unspecified atom stereocenters. The van der Waals surface area contributed by atoms with Crippen LogP contribution in [0.15, 0.2) is 12.2 Å². The molecule has 1 saturated carbocycles. The van der Waals surface area contributed by atoms with Crippen LogP contribution in [0.4, 0.5) is 0 Å². The molecule has 1 fully saturated rings. The van der Waals surface area contributed by atoms with Crippen molar-refractivity contribution in [1.82, 2.24) is 4.90 Å². The summed E-state index contributed by atoms with van der Waals surface area (Å²) in [4.78, 5) is 12.3. The molecule has 0 bridgehead atoms. The van der Waals surface area contributed by atoms with Crippen molar-refractivity contribution in [2.75, 3.05) is 13.6 Å². The summed E-state index contributed by atoms with van der Waals surface area (Å²) in [6.07, 6.45) is 6.74. The molecule has 0 saturated heterocycles. The fourth-order valence-corrected chi connectivity index (χ4v) is 1.30. The van der Waals surface area contributed by atoms with Gasteiger partial charge in [0.1, 0.15) is 0 Å². The van der Waals surface area contributed by atoms with Crippen molar-refractivity contribution in [1.29, 1.82) is 0 Å². The third kappa shape index (κ3) is 4.29. The van der Waals surface area contributed by atoms with Crippen LogP contribution in [-0.2, 0) is 4.79 Å². The molecular weight excluding hydrogens is 190 g/mol. The van der Waals surface area contributed by atoms with Crippen LogP contribution in [0, 0.1) is 0 Å². The first-order valence-corrected chi connectivity index (χ1v) is 4.30. The molecule has 0 amide bonds. The van der Waals surface area contributed by atoms with Gasteiger partial charge in [-0.15, -0.1) is 12.4 Å². The Hall–Kier alpha value is -0.540. The average Bonchev–Trinajstić information content (AvgIpc) is 1.81.